The van der Waals surface area contributed by atoms with E-state index in [1.807, 2.05) is 0 Å². The Labute approximate surface area is 142 Å². The Morgan fingerprint density at radius 1 is 1.16 bits per heavy atom. The zero-order valence-corrected chi connectivity index (χ0v) is 13.2. The molecule has 126 valence electrons. The van der Waals surface area contributed by atoms with Crippen LogP contribution in [0.5, 0.6) is 0 Å². The molecule has 0 saturated heterocycles. The van der Waals surface area contributed by atoms with E-state index in [2.05, 4.69) is 9.97 Å². The molecular formula is C17H9F3N2O2S. The molecule has 0 bridgehead atoms. The van der Waals surface area contributed by atoms with Crippen LogP contribution in [0.3, 0.4) is 0 Å². The second kappa shape index (κ2) is 5.59. The summed E-state index contributed by atoms with van der Waals surface area (Å²) in [7, 11) is 0. The summed E-state index contributed by atoms with van der Waals surface area (Å²) in [5.74, 6) is 0.627. The Morgan fingerprint density at radius 3 is 2.72 bits per heavy atom. The van der Waals surface area contributed by atoms with Crippen LogP contribution in [0.25, 0.3) is 32.9 Å². The number of furan rings is 1. The molecule has 0 aliphatic heterocycles. The van der Waals surface area contributed by atoms with Gasteiger partial charge in [-0.1, -0.05) is 12.1 Å². The lowest BCUT2D eigenvalue weighted by atomic mass is 10.1. The van der Waals surface area contributed by atoms with Crippen LogP contribution in [0.15, 0.2) is 57.3 Å². The summed E-state index contributed by atoms with van der Waals surface area (Å²) in [6.45, 7) is 0. The number of rotatable bonds is 2. The first-order valence-corrected chi connectivity index (χ1v) is 8.04. The molecular weight excluding hydrogens is 353 g/mol. The zero-order chi connectivity index (χ0) is 17.6. The lowest BCUT2D eigenvalue weighted by Gasteiger charge is -2.08. The Kier molecular flexibility index (Phi) is 3.50. The number of hydrogen-bond donors (Lipinski definition) is 1. The fourth-order valence-corrected chi connectivity index (χ4v) is 3.47. The van der Waals surface area contributed by atoms with Crippen molar-refractivity contribution in [3.05, 3.63) is 64.0 Å². The van der Waals surface area contributed by atoms with Gasteiger partial charge >= 0.3 is 6.18 Å². The second-order valence-corrected chi connectivity index (χ2v) is 6.16. The minimum Gasteiger partial charge on any atom is -0.464 e. The number of hydrogen-bond acceptors (Lipinski definition) is 4. The van der Waals surface area contributed by atoms with Gasteiger partial charge in [-0.15, -0.1) is 11.3 Å². The summed E-state index contributed by atoms with van der Waals surface area (Å²) in [5, 5.41) is 2.09. The van der Waals surface area contributed by atoms with Crippen LogP contribution in [0, 0.1) is 0 Å². The smallest absolute Gasteiger partial charge is 0.416 e. The molecule has 0 radical (unpaired) electrons. The first-order chi connectivity index (χ1) is 11.9. The SMILES string of the molecule is O=c1[nH]c(-c2cccc(C(F)(F)F)c2)nc2scc(-c3ccco3)c12. The maximum absolute atomic E-state index is 12.9. The van der Waals surface area contributed by atoms with Crippen molar-refractivity contribution in [1.29, 1.82) is 0 Å². The number of alkyl halides is 3. The van der Waals surface area contributed by atoms with Gasteiger partial charge in [0.15, 0.2) is 0 Å². The Hall–Kier alpha value is -2.87. The quantitative estimate of drug-likeness (QED) is 0.550. The van der Waals surface area contributed by atoms with E-state index in [1.54, 1.807) is 17.5 Å². The van der Waals surface area contributed by atoms with Gasteiger partial charge in [0.25, 0.3) is 5.56 Å². The number of halogens is 3. The number of aromatic amines is 1. The highest BCUT2D eigenvalue weighted by molar-refractivity contribution is 7.17. The van der Waals surface area contributed by atoms with Gasteiger partial charge in [-0.2, -0.15) is 13.2 Å². The molecule has 3 aromatic heterocycles. The van der Waals surface area contributed by atoms with Crippen molar-refractivity contribution in [2.75, 3.05) is 0 Å². The first kappa shape index (κ1) is 15.6. The van der Waals surface area contributed by atoms with E-state index in [1.165, 1.54) is 29.7 Å². The predicted octanol–water partition coefficient (Wildman–Crippen LogP) is 4.93. The Morgan fingerprint density at radius 2 is 2.00 bits per heavy atom. The summed E-state index contributed by atoms with van der Waals surface area (Å²) in [5.41, 5.74) is -0.420. The normalized spacial score (nSPS) is 12.0. The summed E-state index contributed by atoms with van der Waals surface area (Å²) in [4.78, 5) is 19.8. The minimum atomic E-state index is -4.46. The highest BCUT2D eigenvalue weighted by Crippen LogP contribution is 2.33. The van der Waals surface area contributed by atoms with Gasteiger partial charge in [0.2, 0.25) is 0 Å². The monoisotopic (exact) mass is 362 g/mol. The van der Waals surface area contributed by atoms with E-state index in [-0.39, 0.29) is 11.4 Å². The lowest BCUT2D eigenvalue weighted by molar-refractivity contribution is -0.137. The fourth-order valence-electron chi connectivity index (χ4n) is 2.54. The standard InChI is InChI=1S/C17H9F3N2O2S/c18-17(19,20)10-4-1-3-9(7-10)14-21-15(23)13-11(8-25-16(13)22-14)12-5-2-6-24-12/h1-8H,(H,21,22,23). The average molecular weight is 362 g/mol. The number of aromatic nitrogens is 2. The van der Waals surface area contributed by atoms with Crippen molar-refractivity contribution >= 4 is 21.6 Å². The lowest BCUT2D eigenvalue weighted by Crippen LogP contribution is -2.10. The molecule has 0 aliphatic rings. The van der Waals surface area contributed by atoms with Crippen LogP contribution in [0.4, 0.5) is 13.2 Å². The van der Waals surface area contributed by atoms with Crippen LogP contribution in [-0.2, 0) is 6.18 Å². The van der Waals surface area contributed by atoms with Crippen LogP contribution < -0.4 is 5.56 Å². The van der Waals surface area contributed by atoms with Crippen LogP contribution in [0.1, 0.15) is 5.56 Å². The van der Waals surface area contributed by atoms with Crippen molar-refractivity contribution < 1.29 is 17.6 Å². The number of thiophene rings is 1. The van der Waals surface area contributed by atoms with Gasteiger partial charge in [-0.3, -0.25) is 4.79 Å². The molecule has 25 heavy (non-hydrogen) atoms. The van der Waals surface area contributed by atoms with Crippen LogP contribution >= 0.6 is 11.3 Å². The van der Waals surface area contributed by atoms with Crippen molar-refractivity contribution in [1.82, 2.24) is 9.97 Å². The Bertz CT molecular complexity index is 1110. The largest absolute Gasteiger partial charge is 0.464 e. The van der Waals surface area contributed by atoms with E-state index in [0.29, 0.717) is 21.5 Å². The van der Waals surface area contributed by atoms with E-state index in [9.17, 15) is 18.0 Å². The molecule has 4 nitrogen and oxygen atoms in total. The molecule has 1 N–H and O–H groups in total. The molecule has 0 unspecified atom stereocenters. The molecule has 3 heterocycles. The molecule has 0 spiro atoms. The maximum Gasteiger partial charge on any atom is 0.416 e. The molecule has 0 amide bonds. The molecule has 8 heteroatoms. The van der Waals surface area contributed by atoms with Crippen molar-refractivity contribution in [3.63, 3.8) is 0 Å². The third-order valence-corrected chi connectivity index (χ3v) is 4.57. The summed E-state index contributed by atoms with van der Waals surface area (Å²) < 4.78 is 43.9. The van der Waals surface area contributed by atoms with Gasteiger partial charge in [0.05, 0.1) is 17.2 Å². The van der Waals surface area contributed by atoms with E-state index >= 15 is 0 Å². The molecule has 4 rings (SSSR count). The average Bonchev–Trinajstić information content (AvgIpc) is 3.23. The topological polar surface area (TPSA) is 58.9 Å². The highest BCUT2D eigenvalue weighted by Gasteiger charge is 2.30. The minimum absolute atomic E-state index is 0.0939. The van der Waals surface area contributed by atoms with Crippen LogP contribution in [0.2, 0.25) is 0 Å². The zero-order valence-electron chi connectivity index (χ0n) is 12.4. The second-order valence-electron chi connectivity index (χ2n) is 5.30. The van der Waals surface area contributed by atoms with E-state index < -0.39 is 17.3 Å². The number of nitrogens with one attached hydrogen (secondary N) is 1. The molecule has 4 aromatic rings. The number of benzene rings is 1. The van der Waals surface area contributed by atoms with E-state index in [0.717, 1.165) is 12.1 Å². The Balaban J connectivity index is 1.87. The number of nitrogens with zero attached hydrogens (tertiary/aromatic N) is 1. The maximum atomic E-state index is 12.9. The molecule has 0 aliphatic carbocycles. The summed E-state index contributed by atoms with van der Waals surface area (Å²) in [6, 6.07) is 8.12. The van der Waals surface area contributed by atoms with E-state index in [4.69, 9.17) is 4.42 Å². The van der Waals surface area contributed by atoms with Gasteiger partial charge in [0.1, 0.15) is 16.4 Å². The van der Waals surface area contributed by atoms with Crippen molar-refractivity contribution in [3.8, 4) is 22.7 Å². The van der Waals surface area contributed by atoms with Gasteiger partial charge in [-0.25, -0.2) is 4.98 Å². The molecule has 0 saturated carbocycles. The summed E-state index contributed by atoms with van der Waals surface area (Å²) in [6.07, 6.45) is -2.97. The fraction of sp³-hybridized carbons (Fsp3) is 0.0588. The third-order valence-electron chi connectivity index (χ3n) is 3.69. The van der Waals surface area contributed by atoms with Crippen LogP contribution in [-0.4, -0.2) is 9.97 Å². The van der Waals surface area contributed by atoms with Gasteiger partial charge < -0.3 is 9.40 Å². The number of fused-ring (bicyclic) bond motifs is 1. The molecule has 1 aromatic carbocycles. The van der Waals surface area contributed by atoms with Crippen molar-refractivity contribution in [2.45, 2.75) is 6.18 Å². The van der Waals surface area contributed by atoms with Gasteiger partial charge in [-0.05, 0) is 24.3 Å². The predicted molar refractivity (Wildman–Crippen MR) is 88.4 cm³/mol. The van der Waals surface area contributed by atoms with Gasteiger partial charge in [0, 0.05) is 16.5 Å². The van der Waals surface area contributed by atoms with Crippen molar-refractivity contribution in [2.24, 2.45) is 0 Å². The third kappa shape index (κ3) is 2.74. The highest BCUT2D eigenvalue weighted by atomic mass is 32.1. The first-order valence-electron chi connectivity index (χ1n) is 7.16. The summed E-state index contributed by atoms with van der Waals surface area (Å²) >= 11 is 1.23. The number of H-pyrrole nitrogens is 1. The molecule has 0 atom stereocenters. The molecule has 0 fully saturated rings.